The van der Waals surface area contributed by atoms with E-state index >= 15 is 0 Å². The van der Waals surface area contributed by atoms with Gasteiger partial charge in [-0.2, -0.15) is 0 Å². The fourth-order valence-electron chi connectivity index (χ4n) is 2.24. The molecule has 2 rings (SSSR count). The van der Waals surface area contributed by atoms with Gasteiger partial charge in [0.05, 0.1) is 6.42 Å². The number of anilines is 1. The molecule has 0 aliphatic heterocycles. The van der Waals surface area contributed by atoms with E-state index in [2.05, 4.69) is 36.3 Å². The second-order valence-corrected chi connectivity index (χ2v) is 5.81. The van der Waals surface area contributed by atoms with Crippen molar-refractivity contribution in [1.29, 1.82) is 0 Å². The van der Waals surface area contributed by atoms with Crippen molar-refractivity contribution in [3.05, 3.63) is 59.3 Å². The molecule has 0 aliphatic carbocycles. The predicted octanol–water partition coefficient (Wildman–Crippen LogP) is 3.77. The number of hydrogen-bond donors (Lipinski definition) is 1. The second kappa shape index (κ2) is 7.02. The molecule has 1 N–H and O–H groups in total. The smallest absolute Gasteiger partial charge is 0.229 e. The molecular weight excluding hydrogens is 260 g/mol. The molecule has 1 aromatic heterocycles. The molecule has 3 heteroatoms. The van der Waals surface area contributed by atoms with E-state index in [9.17, 15) is 4.79 Å². The van der Waals surface area contributed by atoms with Gasteiger partial charge in [0, 0.05) is 6.20 Å². The summed E-state index contributed by atoms with van der Waals surface area (Å²) in [6, 6.07) is 12.1. The molecule has 1 heterocycles. The molecule has 0 atom stereocenters. The van der Waals surface area contributed by atoms with Crippen LogP contribution in [0.4, 0.5) is 5.82 Å². The molecule has 0 unspecified atom stereocenters. The molecule has 110 valence electrons. The average Bonchev–Trinajstić information content (AvgIpc) is 2.43. The minimum Gasteiger partial charge on any atom is -0.310 e. The number of aromatic nitrogens is 1. The normalized spacial score (nSPS) is 10.7. The Labute approximate surface area is 126 Å². The van der Waals surface area contributed by atoms with Crippen molar-refractivity contribution in [3.8, 4) is 0 Å². The highest BCUT2D eigenvalue weighted by Crippen LogP contribution is 2.12. The molecule has 1 amide bonds. The summed E-state index contributed by atoms with van der Waals surface area (Å²) in [4.78, 5) is 16.2. The maximum Gasteiger partial charge on any atom is 0.229 e. The van der Waals surface area contributed by atoms with Crippen LogP contribution in [0.5, 0.6) is 0 Å². The monoisotopic (exact) mass is 282 g/mol. The summed E-state index contributed by atoms with van der Waals surface area (Å²) in [7, 11) is 0. The number of pyridine rings is 1. The standard InChI is InChI=1S/C18H22N2O/c1-13(2)11-15-6-8-16(9-7-15)12-17(21)20-18-14(3)5-4-10-19-18/h4-10,13H,11-12H2,1-3H3,(H,19,20,21). The molecule has 0 saturated carbocycles. The molecule has 0 aliphatic rings. The van der Waals surface area contributed by atoms with Gasteiger partial charge < -0.3 is 5.32 Å². The van der Waals surface area contributed by atoms with E-state index < -0.39 is 0 Å². The summed E-state index contributed by atoms with van der Waals surface area (Å²) in [6.07, 6.45) is 3.13. The first-order valence-corrected chi connectivity index (χ1v) is 7.34. The number of nitrogens with zero attached hydrogens (tertiary/aromatic N) is 1. The Kier molecular flexibility index (Phi) is 5.09. The molecule has 1 aromatic carbocycles. The maximum absolute atomic E-state index is 12.0. The van der Waals surface area contributed by atoms with Gasteiger partial charge in [-0.3, -0.25) is 4.79 Å². The van der Waals surface area contributed by atoms with Gasteiger partial charge >= 0.3 is 0 Å². The van der Waals surface area contributed by atoms with Crippen LogP contribution in [0.1, 0.15) is 30.5 Å². The van der Waals surface area contributed by atoms with Crippen LogP contribution in [-0.2, 0) is 17.6 Å². The van der Waals surface area contributed by atoms with Gasteiger partial charge in [0.25, 0.3) is 0 Å². The van der Waals surface area contributed by atoms with Crippen LogP contribution in [0.2, 0.25) is 0 Å². The lowest BCUT2D eigenvalue weighted by Gasteiger charge is -2.08. The van der Waals surface area contributed by atoms with Crippen molar-refractivity contribution in [3.63, 3.8) is 0 Å². The maximum atomic E-state index is 12.0. The Morgan fingerprint density at radius 2 is 1.81 bits per heavy atom. The quantitative estimate of drug-likeness (QED) is 0.907. The lowest BCUT2D eigenvalue weighted by Crippen LogP contribution is -2.16. The van der Waals surface area contributed by atoms with Crippen LogP contribution in [0.15, 0.2) is 42.6 Å². The van der Waals surface area contributed by atoms with Crippen molar-refractivity contribution >= 4 is 11.7 Å². The predicted molar refractivity (Wildman–Crippen MR) is 86.3 cm³/mol. The minimum absolute atomic E-state index is 0.0339. The van der Waals surface area contributed by atoms with Gasteiger partial charge in [-0.25, -0.2) is 4.98 Å². The lowest BCUT2D eigenvalue weighted by molar-refractivity contribution is -0.115. The van der Waals surface area contributed by atoms with Crippen molar-refractivity contribution in [2.24, 2.45) is 5.92 Å². The van der Waals surface area contributed by atoms with E-state index in [1.165, 1.54) is 5.56 Å². The third-order valence-corrected chi connectivity index (χ3v) is 3.30. The van der Waals surface area contributed by atoms with E-state index in [0.717, 1.165) is 17.5 Å². The highest BCUT2D eigenvalue weighted by molar-refractivity contribution is 5.91. The number of carbonyl (C=O) groups is 1. The van der Waals surface area contributed by atoms with Crippen LogP contribution < -0.4 is 5.32 Å². The number of rotatable bonds is 5. The fraction of sp³-hybridized carbons (Fsp3) is 0.333. The average molecular weight is 282 g/mol. The fourth-order valence-corrected chi connectivity index (χ4v) is 2.24. The van der Waals surface area contributed by atoms with Crippen molar-refractivity contribution in [1.82, 2.24) is 4.98 Å². The molecule has 0 bridgehead atoms. The highest BCUT2D eigenvalue weighted by atomic mass is 16.1. The first kappa shape index (κ1) is 15.2. The van der Waals surface area contributed by atoms with E-state index in [0.29, 0.717) is 18.2 Å². The zero-order chi connectivity index (χ0) is 15.2. The van der Waals surface area contributed by atoms with Crippen molar-refractivity contribution in [2.45, 2.75) is 33.6 Å². The second-order valence-electron chi connectivity index (χ2n) is 5.81. The SMILES string of the molecule is Cc1cccnc1NC(=O)Cc1ccc(CC(C)C)cc1. The van der Waals surface area contributed by atoms with Gasteiger partial charge in [-0.1, -0.05) is 44.2 Å². The van der Waals surface area contributed by atoms with Crippen LogP contribution >= 0.6 is 0 Å². The molecule has 21 heavy (non-hydrogen) atoms. The third kappa shape index (κ3) is 4.71. The van der Waals surface area contributed by atoms with Crippen LogP contribution in [0.3, 0.4) is 0 Å². The number of benzene rings is 1. The molecule has 0 saturated heterocycles. The van der Waals surface area contributed by atoms with E-state index in [1.807, 2.05) is 31.2 Å². The largest absolute Gasteiger partial charge is 0.310 e. The topological polar surface area (TPSA) is 42.0 Å². The third-order valence-electron chi connectivity index (χ3n) is 3.30. The van der Waals surface area contributed by atoms with Gasteiger partial charge in [-0.05, 0) is 42.0 Å². The van der Waals surface area contributed by atoms with Gasteiger partial charge in [-0.15, -0.1) is 0 Å². The van der Waals surface area contributed by atoms with Crippen LogP contribution in [0.25, 0.3) is 0 Å². The Bertz CT molecular complexity index is 603. The number of nitrogens with one attached hydrogen (secondary N) is 1. The summed E-state index contributed by atoms with van der Waals surface area (Å²) in [5.41, 5.74) is 3.31. The molecule has 2 aromatic rings. The van der Waals surface area contributed by atoms with Crippen LogP contribution in [0, 0.1) is 12.8 Å². The highest BCUT2D eigenvalue weighted by Gasteiger charge is 2.07. The van der Waals surface area contributed by atoms with Gasteiger partial charge in [0.1, 0.15) is 5.82 Å². The summed E-state index contributed by atoms with van der Waals surface area (Å²) in [5.74, 6) is 1.25. The Morgan fingerprint density at radius 1 is 1.14 bits per heavy atom. The van der Waals surface area contributed by atoms with E-state index in [-0.39, 0.29) is 5.91 Å². The Balaban J connectivity index is 1.95. The van der Waals surface area contributed by atoms with Crippen molar-refractivity contribution in [2.75, 3.05) is 5.32 Å². The summed E-state index contributed by atoms with van der Waals surface area (Å²) >= 11 is 0. The lowest BCUT2D eigenvalue weighted by atomic mass is 10.0. The van der Waals surface area contributed by atoms with Crippen molar-refractivity contribution < 1.29 is 4.79 Å². The number of hydrogen-bond acceptors (Lipinski definition) is 2. The van der Waals surface area contributed by atoms with Gasteiger partial charge in [0.2, 0.25) is 5.91 Å². The van der Waals surface area contributed by atoms with Gasteiger partial charge in [0.15, 0.2) is 0 Å². The zero-order valence-corrected chi connectivity index (χ0v) is 12.9. The van der Waals surface area contributed by atoms with E-state index in [4.69, 9.17) is 0 Å². The number of aryl methyl sites for hydroxylation is 1. The summed E-state index contributed by atoms with van der Waals surface area (Å²) in [6.45, 7) is 6.34. The Hall–Kier alpha value is -2.16. The molecule has 0 spiro atoms. The van der Waals surface area contributed by atoms with E-state index in [1.54, 1.807) is 6.20 Å². The van der Waals surface area contributed by atoms with Crippen LogP contribution in [-0.4, -0.2) is 10.9 Å². The first-order valence-electron chi connectivity index (χ1n) is 7.34. The molecule has 3 nitrogen and oxygen atoms in total. The summed E-state index contributed by atoms with van der Waals surface area (Å²) < 4.78 is 0. The molecule has 0 fully saturated rings. The minimum atomic E-state index is -0.0339. The number of carbonyl (C=O) groups excluding carboxylic acids is 1. The molecular formula is C18H22N2O. The molecule has 0 radical (unpaired) electrons. The Morgan fingerprint density at radius 3 is 2.43 bits per heavy atom. The summed E-state index contributed by atoms with van der Waals surface area (Å²) in [5, 5.41) is 2.86. The first-order chi connectivity index (χ1) is 10.0. The zero-order valence-electron chi connectivity index (χ0n) is 12.9. The number of amides is 1.